The minimum atomic E-state index is -0.892. The third kappa shape index (κ3) is 7.23. The maximum absolute atomic E-state index is 2.48. The zero-order valence-electron chi connectivity index (χ0n) is 44.3. The summed E-state index contributed by atoms with van der Waals surface area (Å²) in [7, 11) is -1.78. The number of nitrogens with zero attached hydrogens (tertiary/aromatic N) is 2. The van der Waals surface area contributed by atoms with E-state index in [1.54, 1.807) is 0 Å². The molecule has 2 nitrogen and oxygen atoms in total. The van der Waals surface area contributed by atoms with E-state index in [0.29, 0.717) is 0 Å². The van der Waals surface area contributed by atoms with E-state index in [1.807, 2.05) is 0 Å². The SMILES string of the molecule is CC1(C)c2ccccc2-c2ccc(N(c3ccc(S(C)(C)C)cc3)c3ccc4c(ccc5c6ccc(N(c7ccc(S(C)(C)C)cc7)c7ccc8c(c7)C(C)(C)c7ccccc7-8)cc6c6ccccc6c45)c3)cc21. The van der Waals surface area contributed by atoms with Crippen LogP contribution in [-0.2, 0) is 10.8 Å². The predicted molar refractivity (Wildman–Crippen MR) is 328 cm³/mol. The number of benzene rings is 11. The van der Waals surface area contributed by atoms with E-state index in [4.69, 9.17) is 0 Å². The van der Waals surface area contributed by atoms with Crippen LogP contribution in [0, 0.1) is 0 Å². The Balaban J connectivity index is 0.965. The van der Waals surface area contributed by atoms with Gasteiger partial charge in [-0.25, -0.2) is 20.1 Å². The third-order valence-corrected chi connectivity index (χ3v) is 19.9. The molecule has 0 aliphatic heterocycles. The molecule has 366 valence electrons. The zero-order valence-corrected chi connectivity index (χ0v) is 46.0. The molecule has 11 aromatic carbocycles. The van der Waals surface area contributed by atoms with E-state index in [1.165, 1.54) is 109 Å². The lowest BCUT2D eigenvalue weighted by Crippen LogP contribution is -2.16. The summed E-state index contributed by atoms with van der Waals surface area (Å²) in [5.41, 5.74) is 17.6. The molecular formula is C70H64N2S2. The smallest absolute Gasteiger partial charge is 0.0468 e. The van der Waals surface area contributed by atoms with Crippen LogP contribution >= 0.6 is 20.1 Å². The predicted octanol–water partition coefficient (Wildman–Crippen LogP) is 20.0. The van der Waals surface area contributed by atoms with Gasteiger partial charge in [-0.2, -0.15) is 0 Å². The summed E-state index contributed by atoms with van der Waals surface area (Å²) in [6.45, 7) is 9.50. The van der Waals surface area contributed by atoms with Gasteiger partial charge in [0.25, 0.3) is 0 Å². The molecule has 0 atom stereocenters. The highest BCUT2D eigenvalue weighted by molar-refractivity contribution is 8.32. The molecule has 0 fully saturated rings. The number of hydrogen-bond acceptors (Lipinski definition) is 2. The van der Waals surface area contributed by atoms with Crippen molar-refractivity contribution in [3.8, 4) is 22.3 Å². The van der Waals surface area contributed by atoms with Crippen molar-refractivity contribution >= 4 is 97.3 Å². The van der Waals surface area contributed by atoms with Crippen LogP contribution in [0.25, 0.3) is 65.3 Å². The van der Waals surface area contributed by atoms with Gasteiger partial charge in [-0.15, -0.1) is 0 Å². The van der Waals surface area contributed by atoms with Crippen LogP contribution in [0.4, 0.5) is 34.1 Å². The minimum absolute atomic E-state index is 0.108. The van der Waals surface area contributed by atoms with Crippen molar-refractivity contribution < 1.29 is 0 Å². The summed E-state index contributed by atoms with van der Waals surface area (Å²) in [6, 6.07) is 78.9. The quantitative estimate of drug-likeness (QED) is 0.140. The Hall–Kier alpha value is -7.24. The molecule has 74 heavy (non-hydrogen) atoms. The molecule has 11 aromatic rings. The van der Waals surface area contributed by atoms with Crippen LogP contribution in [0.3, 0.4) is 0 Å². The number of anilines is 6. The van der Waals surface area contributed by atoms with Crippen molar-refractivity contribution in [3.05, 3.63) is 229 Å². The Labute approximate surface area is 441 Å². The summed E-state index contributed by atoms with van der Waals surface area (Å²) in [5.74, 6) is 0. The monoisotopic (exact) mass is 996 g/mol. The molecular weight excluding hydrogens is 933 g/mol. The Kier molecular flexibility index (Phi) is 10.5. The molecule has 0 radical (unpaired) electrons. The van der Waals surface area contributed by atoms with E-state index in [9.17, 15) is 0 Å². The molecule has 2 aliphatic rings. The third-order valence-electron chi connectivity index (χ3n) is 16.6. The fourth-order valence-corrected chi connectivity index (χ4v) is 14.5. The van der Waals surface area contributed by atoms with Gasteiger partial charge in [0.15, 0.2) is 0 Å². The zero-order chi connectivity index (χ0) is 51.1. The number of fused-ring (bicyclic) bond motifs is 14. The molecule has 4 heteroatoms. The van der Waals surface area contributed by atoms with Crippen LogP contribution in [0.2, 0.25) is 0 Å². The average Bonchev–Trinajstić information content (AvgIpc) is 3.80. The first-order valence-electron chi connectivity index (χ1n) is 25.9. The van der Waals surface area contributed by atoms with Crippen molar-refractivity contribution in [1.82, 2.24) is 0 Å². The normalized spacial score (nSPS) is 14.7. The fraction of sp³-hybridized carbons (Fsp3) is 0.171. The summed E-state index contributed by atoms with van der Waals surface area (Å²) in [5, 5.41) is 10.1. The van der Waals surface area contributed by atoms with Crippen LogP contribution < -0.4 is 9.80 Å². The molecule has 0 heterocycles. The standard InChI is InChI=1S/C70H64N2S2/c1-69(2)64-21-15-13-18-57(64)59-39-30-50(43-66(59)69)71(46-24-32-52(33-25-46)73(5,6)7)48-28-37-54-45(41-48)23-36-62-56-38-29-49(42-63(56)55-17-11-12-20-61(55)68(54)62)72(47-26-34-53(35-27-47)74(8,9)10)51-31-40-60-58-19-14-16-22-65(58)70(3,4)67(60)44-51/h11-44H,1-10H3. The van der Waals surface area contributed by atoms with Gasteiger partial charge in [0.2, 0.25) is 0 Å². The van der Waals surface area contributed by atoms with E-state index in [0.717, 1.165) is 22.7 Å². The minimum Gasteiger partial charge on any atom is -0.310 e. The van der Waals surface area contributed by atoms with Crippen LogP contribution in [0.1, 0.15) is 49.9 Å². The van der Waals surface area contributed by atoms with E-state index < -0.39 is 20.1 Å². The Morgan fingerprint density at radius 2 is 0.649 bits per heavy atom. The largest absolute Gasteiger partial charge is 0.310 e. The first-order chi connectivity index (χ1) is 35.5. The van der Waals surface area contributed by atoms with Gasteiger partial charge in [-0.05, 0) is 232 Å². The van der Waals surface area contributed by atoms with E-state index in [2.05, 4.69) is 281 Å². The number of hydrogen-bond donors (Lipinski definition) is 0. The highest BCUT2D eigenvalue weighted by Gasteiger charge is 2.37. The van der Waals surface area contributed by atoms with Crippen molar-refractivity contribution in [3.63, 3.8) is 0 Å². The Morgan fingerprint density at radius 1 is 0.284 bits per heavy atom. The molecule has 0 saturated carbocycles. The van der Waals surface area contributed by atoms with Crippen molar-refractivity contribution in [1.29, 1.82) is 0 Å². The lowest BCUT2D eigenvalue weighted by atomic mass is 9.82. The molecule has 0 aromatic heterocycles. The second-order valence-corrected chi connectivity index (χ2v) is 31.6. The topological polar surface area (TPSA) is 6.48 Å². The van der Waals surface area contributed by atoms with Crippen molar-refractivity contribution in [2.75, 3.05) is 47.3 Å². The fourth-order valence-electron chi connectivity index (χ4n) is 12.6. The Bertz CT molecular complexity index is 4070. The first-order valence-corrected chi connectivity index (χ1v) is 31.7. The lowest BCUT2D eigenvalue weighted by molar-refractivity contribution is 0.660. The first kappa shape index (κ1) is 46.5. The average molecular weight is 997 g/mol. The molecule has 0 spiro atoms. The van der Waals surface area contributed by atoms with Crippen LogP contribution in [0.5, 0.6) is 0 Å². The highest BCUT2D eigenvalue weighted by Crippen LogP contribution is 2.54. The van der Waals surface area contributed by atoms with E-state index in [-0.39, 0.29) is 10.8 Å². The van der Waals surface area contributed by atoms with Crippen molar-refractivity contribution in [2.24, 2.45) is 0 Å². The Morgan fingerprint density at radius 3 is 1.16 bits per heavy atom. The van der Waals surface area contributed by atoms with Gasteiger partial charge >= 0.3 is 0 Å². The molecule has 0 saturated heterocycles. The van der Waals surface area contributed by atoms with Gasteiger partial charge in [0.1, 0.15) is 0 Å². The van der Waals surface area contributed by atoms with Gasteiger partial charge in [0.05, 0.1) is 0 Å². The molecule has 2 aliphatic carbocycles. The number of rotatable bonds is 8. The van der Waals surface area contributed by atoms with Gasteiger partial charge in [0, 0.05) is 45.0 Å². The summed E-state index contributed by atoms with van der Waals surface area (Å²) in [6.07, 6.45) is 14.2. The summed E-state index contributed by atoms with van der Waals surface area (Å²) >= 11 is 0. The van der Waals surface area contributed by atoms with Crippen LogP contribution in [-0.4, -0.2) is 37.5 Å². The van der Waals surface area contributed by atoms with Crippen LogP contribution in [0.15, 0.2) is 216 Å². The molecule has 0 N–H and O–H groups in total. The highest BCUT2D eigenvalue weighted by atomic mass is 32.3. The molecule has 0 amide bonds. The molecule has 0 unspecified atom stereocenters. The lowest BCUT2D eigenvalue weighted by Gasteiger charge is -2.30. The molecule has 0 bridgehead atoms. The van der Waals surface area contributed by atoms with E-state index >= 15 is 0 Å². The molecule has 13 rings (SSSR count). The summed E-state index contributed by atoms with van der Waals surface area (Å²) in [4.78, 5) is 7.76. The van der Waals surface area contributed by atoms with Gasteiger partial charge in [-0.3, -0.25) is 0 Å². The second kappa shape index (κ2) is 16.6. The summed E-state index contributed by atoms with van der Waals surface area (Å²) < 4.78 is 0. The maximum Gasteiger partial charge on any atom is 0.0468 e. The maximum atomic E-state index is 2.48. The van der Waals surface area contributed by atoms with Gasteiger partial charge in [-0.1, -0.05) is 137 Å². The second-order valence-electron chi connectivity index (χ2n) is 23.3. The van der Waals surface area contributed by atoms with Gasteiger partial charge < -0.3 is 9.80 Å². The van der Waals surface area contributed by atoms with Crippen molar-refractivity contribution in [2.45, 2.75) is 48.3 Å².